The molecular weight excluding hydrogens is 490 g/mol. The number of rotatable bonds is 7. The minimum Gasteiger partial charge on any atom is -0.494 e. The molecule has 1 saturated heterocycles. The lowest BCUT2D eigenvalue weighted by Gasteiger charge is -2.34. The summed E-state index contributed by atoms with van der Waals surface area (Å²) in [4.78, 5) is 19.6. The number of nitrogens with zero attached hydrogens (tertiary/aromatic N) is 5. The average molecular weight is 520 g/mol. The maximum atomic E-state index is 13.2. The van der Waals surface area contributed by atoms with Crippen molar-refractivity contribution in [2.24, 2.45) is 0 Å². The SMILES string of the molecule is CCOc1ccc(S(=O)(=O)N2CCN(C(=O)Cn3nc(C)c4c(-c5ccccc5)ccnc43)CC2)cc1. The van der Waals surface area contributed by atoms with Crippen LogP contribution in [0.5, 0.6) is 5.75 Å². The van der Waals surface area contributed by atoms with Crippen LogP contribution in [0, 0.1) is 6.92 Å². The molecular formula is C27H29N5O4S. The number of carbonyl (C=O) groups excluding carboxylic acids is 1. The molecule has 5 rings (SSSR count). The van der Waals surface area contributed by atoms with Crippen LogP contribution in [0.15, 0.2) is 71.8 Å². The maximum absolute atomic E-state index is 13.2. The fourth-order valence-corrected chi connectivity index (χ4v) is 6.10. The highest BCUT2D eigenvalue weighted by molar-refractivity contribution is 7.89. The molecule has 0 unspecified atom stereocenters. The maximum Gasteiger partial charge on any atom is 0.244 e. The number of hydrogen-bond acceptors (Lipinski definition) is 6. The summed E-state index contributed by atoms with van der Waals surface area (Å²) in [5.41, 5.74) is 3.55. The minimum atomic E-state index is -3.65. The molecule has 37 heavy (non-hydrogen) atoms. The van der Waals surface area contributed by atoms with Gasteiger partial charge in [0.1, 0.15) is 12.3 Å². The van der Waals surface area contributed by atoms with Crippen molar-refractivity contribution in [2.45, 2.75) is 25.3 Å². The molecule has 0 aliphatic carbocycles. The van der Waals surface area contributed by atoms with Crippen molar-refractivity contribution in [3.05, 3.63) is 72.6 Å². The van der Waals surface area contributed by atoms with Crippen LogP contribution >= 0.6 is 0 Å². The third-order valence-electron chi connectivity index (χ3n) is 6.54. The standard InChI is InChI=1S/C27H29N5O4S/c1-3-36-22-9-11-23(12-10-22)37(34,35)31-17-15-30(16-18-31)25(33)19-32-27-26(20(2)29-32)24(13-14-28-27)21-7-5-4-6-8-21/h4-14H,3,15-19H2,1-2H3. The molecule has 1 aliphatic rings. The Bertz CT molecular complexity index is 1510. The van der Waals surface area contributed by atoms with Gasteiger partial charge in [-0.3, -0.25) is 4.79 Å². The van der Waals surface area contributed by atoms with Gasteiger partial charge in [0.2, 0.25) is 15.9 Å². The predicted molar refractivity (Wildman–Crippen MR) is 141 cm³/mol. The number of fused-ring (bicyclic) bond motifs is 1. The first-order chi connectivity index (χ1) is 17.9. The Balaban J connectivity index is 1.28. The van der Waals surface area contributed by atoms with Crippen LogP contribution in [0.4, 0.5) is 0 Å². The van der Waals surface area contributed by atoms with E-state index in [9.17, 15) is 13.2 Å². The summed E-state index contributed by atoms with van der Waals surface area (Å²) in [6.45, 7) is 5.45. The van der Waals surface area contributed by atoms with Gasteiger partial charge in [-0.2, -0.15) is 9.40 Å². The van der Waals surface area contributed by atoms with Crippen molar-refractivity contribution < 1.29 is 17.9 Å². The molecule has 1 aliphatic heterocycles. The summed E-state index contributed by atoms with van der Waals surface area (Å²) < 4.78 is 34.6. The van der Waals surface area contributed by atoms with E-state index in [0.29, 0.717) is 31.1 Å². The van der Waals surface area contributed by atoms with Crippen molar-refractivity contribution in [3.63, 3.8) is 0 Å². The molecule has 0 spiro atoms. The third kappa shape index (κ3) is 4.94. The van der Waals surface area contributed by atoms with Gasteiger partial charge in [-0.25, -0.2) is 18.1 Å². The molecule has 192 valence electrons. The van der Waals surface area contributed by atoms with E-state index in [0.717, 1.165) is 22.2 Å². The van der Waals surface area contributed by atoms with Gasteiger partial charge in [-0.05, 0) is 55.3 Å². The van der Waals surface area contributed by atoms with Crippen LogP contribution in [0.2, 0.25) is 0 Å². The van der Waals surface area contributed by atoms with Gasteiger partial charge < -0.3 is 9.64 Å². The number of hydrogen-bond donors (Lipinski definition) is 0. The molecule has 1 fully saturated rings. The third-order valence-corrected chi connectivity index (χ3v) is 8.45. The largest absolute Gasteiger partial charge is 0.494 e. The number of carbonyl (C=O) groups is 1. The molecule has 0 saturated carbocycles. The van der Waals surface area contributed by atoms with E-state index in [1.54, 1.807) is 40.0 Å². The molecule has 0 atom stereocenters. The van der Waals surface area contributed by atoms with Crippen LogP contribution in [0.25, 0.3) is 22.2 Å². The van der Waals surface area contributed by atoms with Crippen LogP contribution in [0.1, 0.15) is 12.6 Å². The first-order valence-corrected chi connectivity index (χ1v) is 13.7. The Kier molecular flexibility index (Phi) is 6.94. The Morgan fingerprint density at radius 2 is 1.68 bits per heavy atom. The van der Waals surface area contributed by atoms with Crippen molar-refractivity contribution in [3.8, 4) is 16.9 Å². The number of aromatic nitrogens is 3. The first-order valence-electron chi connectivity index (χ1n) is 12.3. The smallest absolute Gasteiger partial charge is 0.244 e. The molecule has 9 nitrogen and oxygen atoms in total. The van der Waals surface area contributed by atoms with E-state index in [-0.39, 0.29) is 30.4 Å². The molecule has 2 aromatic carbocycles. The molecule has 1 amide bonds. The van der Waals surface area contributed by atoms with Crippen LogP contribution < -0.4 is 4.74 Å². The van der Waals surface area contributed by atoms with E-state index in [4.69, 9.17) is 4.74 Å². The van der Waals surface area contributed by atoms with Gasteiger partial charge in [0.15, 0.2) is 5.65 Å². The van der Waals surface area contributed by atoms with Crippen molar-refractivity contribution in [2.75, 3.05) is 32.8 Å². The fourth-order valence-electron chi connectivity index (χ4n) is 4.68. The second-order valence-electron chi connectivity index (χ2n) is 8.86. The van der Waals surface area contributed by atoms with E-state index < -0.39 is 10.0 Å². The molecule has 4 aromatic rings. The number of pyridine rings is 1. The van der Waals surface area contributed by atoms with Crippen molar-refractivity contribution in [1.29, 1.82) is 0 Å². The predicted octanol–water partition coefficient (Wildman–Crippen LogP) is 3.34. The fraction of sp³-hybridized carbons (Fsp3) is 0.296. The molecule has 0 bridgehead atoms. The number of aryl methyl sites for hydroxylation is 1. The number of piperazine rings is 1. The topological polar surface area (TPSA) is 97.6 Å². The van der Waals surface area contributed by atoms with Crippen LogP contribution in [0.3, 0.4) is 0 Å². The summed E-state index contributed by atoms with van der Waals surface area (Å²) in [5.74, 6) is 0.512. The van der Waals surface area contributed by atoms with E-state index >= 15 is 0 Å². The van der Waals surface area contributed by atoms with Gasteiger partial charge in [0.25, 0.3) is 0 Å². The second-order valence-corrected chi connectivity index (χ2v) is 10.8. The summed E-state index contributed by atoms with van der Waals surface area (Å²) in [6.07, 6.45) is 1.73. The average Bonchev–Trinajstić information content (AvgIpc) is 3.24. The lowest BCUT2D eigenvalue weighted by atomic mass is 10.0. The zero-order valence-corrected chi connectivity index (χ0v) is 21.7. The van der Waals surface area contributed by atoms with Crippen molar-refractivity contribution in [1.82, 2.24) is 24.0 Å². The minimum absolute atomic E-state index is 0.0429. The van der Waals surface area contributed by atoms with Gasteiger partial charge in [0.05, 0.1) is 17.2 Å². The summed E-state index contributed by atoms with van der Waals surface area (Å²) in [7, 11) is -3.65. The Morgan fingerprint density at radius 1 is 0.973 bits per heavy atom. The molecule has 3 heterocycles. The highest BCUT2D eigenvalue weighted by Gasteiger charge is 2.30. The normalized spacial score (nSPS) is 14.7. The molecule has 0 radical (unpaired) electrons. The Labute approximate surface area is 216 Å². The monoisotopic (exact) mass is 519 g/mol. The lowest BCUT2D eigenvalue weighted by Crippen LogP contribution is -2.51. The van der Waals surface area contributed by atoms with Crippen molar-refractivity contribution >= 4 is 27.0 Å². The highest BCUT2D eigenvalue weighted by atomic mass is 32.2. The summed E-state index contributed by atoms with van der Waals surface area (Å²) >= 11 is 0. The second kappa shape index (κ2) is 10.3. The van der Waals surface area contributed by atoms with Gasteiger partial charge in [-0.1, -0.05) is 30.3 Å². The molecule has 2 aromatic heterocycles. The summed E-state index contributed by atoms with van der Waals surface area (Å²) in [5, 5.41) is 5.54. The van der Waals surface area contributed by atoms with Crippen LogP contribution in [-0.4, -0.2) is 71.1 Å². The first kappa shape index (κ1) is 24.9. The van der Waals surface area contributed by atoms with Gasteiger partial charge in [-0.15, -0.1) is 0 Å². The van der Waals surface area contributed by atoms with E-state index in [1.165, 1.54) is 4.31 Å². The van der Waals surface area contributed by atoms with Crippen LogP contribution in [-0.2, 0) is 21.4 Å². The number of benzene rings is 2. The number of ether oxygens (including phenoxy) is 1. The van der Waals surface area contributed by atoms with E-state index in [2.05, 4.69) is 10.1 Å². The number of amides is 1. The van der Waals surface area contributed by atoms with Gasteiger partial charge in [0, 0.05) is 37.8 Å². The molecule has 0 N–H and O–H groups in total. The molecule has 10 heteroatoms. The van der Waals surface area contributed by atoms with Gasteiger partial charge >= 0.3 is 0 Å². The quantitative estimate of drug-likeness (QED) is 0.372. The zero-order valence-electron chi connectivity index (χ0n) is 20.9. The highest BCUT2D eigenvalue weighted by Crippen LogP contribution is 2.29. The Morgan fingerprint density at radius 3 is 2.35 bits per heavy atom. The Hall–Kier alpha value is -3.76. The zero-order chi connectivity index (χ0) is 26.0. The summed E-state index contributed by atoms with van der Waals surface area (Å²) in [6, 6.07) is 18.4. The lowest BCUT2D eigenvalue weighted by molar-refractivity contribution is -0.133. The number of sulfonamides is 1. The van der Waals surface area contributed by atoms with E-state index in [1.807, 2.05) is 50.2 Å².